The topological polar surface area (TPSA) is 52.6 Å². The number of rotatable bonds is 10. The van der Waals surface area contributed by atoms with Crippen LogP contribution in [0, 0.1) is 13.8 Å². The number of ketones is 2. The van der Waals surface area contributed by atoms with Crippen LogP contribution < -0.4 is 9.47 Å². The number of carbonyl (C=O) groups excluding carboxylic acids is 2. The zero-order chi connectivity index (χ0) is 33.9. The molecule has 0 heterocycles. The molecule has 4 nitrogen and oxygen atoms in total. The highest BCUT2D eigenvalue weighted by Crippen LogP contribution is 2.32. The van der Waals surface area contributed by atoms with E-state index in [0.717, 1.165) is 33.4 Å². The van der Waals surface area contributed by atoms with Crippen LogP contribution in [-0.4, -0.2) is 11.6 Å². The molecule has 240 valence electrons. The normalized spacial score (nSPS) is 11.2. The van der Waals surface area contributed by atoms with Crippen LogP contribution in [-0.2, 0) is 0 Å². The lowest BCUT2D eigenvalue weighted by Gasteiger charge is -2.15. The fourth-order valence-electron chi connectivity index (χ4n) is 5.98. The van der Waals surface area contributed by atoms with Crippen LogP contribution in [0.4, 0.5) is 0 Å². The monoisotopic (exact) mass is 632 g/mol. The lowest BCUT2D eigenvalue weighted by molar-refractivity contribution is 0.103. The summed E-state index contributed by atoms with van der Waals surface area (Å²) in [7, 11) is 0. The molecule has 0 radical (unpaired) electrons. The van der Waals surface area contributed by atoms with Gasteiger partial charge in [-0.3, -0.25) is 9.59 Å². The molecule has 0 fully saturated rings. The predicted octanol–water partition coefficient (Wildman–Crippen LogP) is 11.8. The Morgan fingerprint density at radius 3 is 1.00 bits per heavy atom. The Hall–Kier alpha value is -5.48. The summed E-state index contributed by atoms with van der Waals surface area (Å²) >= 11 is 0. The molecule has 0 aromatic heterocycles. The molecule has 0 aliphatic rings. The molecule has 6 aromatic rings. The Kier molecular flexibility index (Phi) is 9.27. The highest BCUT2D eigenvalue weighted by Gasteiger charge is 2.21. The number of carbonyl (C=O) groups is 2. The zero-order valence-electron chi connectivity index (χ0n) is 28.3. The van der Waals surface area contributed by atoms with Crippen LogP contribution in [0.1, 0.15) is 93.6 Å². The third-order valence-electron chi connectivity index (χ3n) is 8.87. The maximum Gasteiger partial charge on any atom is 0.193 e. The lowest BCUT2D eigenvalue weighted by atomic mass is 9.87. The molecule has 0 unspecified atom stereocenters. The van der Waals surface area contributed by atoms with E-state index in [1.165, 1.54) is 11.1 Å². The Morgan fingerprint density at radius 1 is 0.417 bits per heavy atom. The van der Waals surface area contributed by atoms with E-state index >= 15 is 0 Å². The van der Waals surface area contributed by atoms with Gasteiger partial charge in [0, 0.05) is 22.3 Å². The molecule has 0 N–H and O–H groups in total. The number of hydrogen-bond donors (Lipinski definition) is 0. The highest BCUT2D eigenvalue weighted by molar-refractivity contribution is 6.22. The van der Waals surface area contributed by atoms with E-state index in [9.17, 15) is 9.59 Å². The summed E-state index contributed by atoms with van der Waals surface area (Å²) < 4.78 is 12.1. The van der Waals surface area contributed by atoms with Crippen LogP contribution in [0.25, 0.3) is 10.8 Å². The van der Waals surface area contributed by atoms with E-state index < -0.39 is 0 Å². The number of aryl methyl sites for hydroxylation is 2. The van der Waals surface area contributed by atoms with Crippen molar-refractivity contribution < 1.29 is 19.1 Å². The van der Waals surface area contributed by atoms with Crippen molar-refractivity contribution in [2.45, 2.75) is 53.4 Å². The van der Waals surface area contributed by atoms with Gasteiger partial charge in [0.05, 0.1) is 0 Å². The van der Waals surface area contributed by atoms with E-state index in [-0.39, 0.29) is 11.6 Å². The summed E-state index contributed by atoms with van der Waals surface area (Å²) in [4.78, 5) is 28.0. The third-order valence-corrected chi connectivity index (χ3v) is 8.87. The third kappa shape index (κ3) is 6.79. The van der Waals surface area contributed by atoms with E-state index in [1.54, 1.807) is 24.3 Å². The molecule has 0 bridgehead atoms. The summed E-state index contributed by atoms with van der Waals surface area (Å²) in [5, 5.41) is 1.51. The first-order chi connectivity index (χ1) is 23.1. The van der Waals surface area contributed by atoms with Gasteiger partial charge in [-0.15, -0.1) is 0 Å². The molecular weight excluding hydrogens is 592 g/mol. The molecule has 0 spiro atoms. The molecule has 0 atom stereocenters. The molecule has 0 aliphatic carbocycles. The number of benzene rings is 6. The van der Waals surface area contributed by atoms with Gasteiger partial charge in [0.25, 0.3) is 0 Å². The summed E-state index contributed by atoms with van der Waals surface area (Å²) in [5.41, 5.74) is 6.48. The average molecular weight is 633 g/mol. The fraction of sp³-hybridized carbons (Fsp3) is 0.182. The quantitative estimate of drug-likeness (QED) is 0.141. The molecule has 0 aliphatic heterocycles. The minimum Gasteiger partial charge on any atom is -0.457 e. The maximum atomic E-state index is 14.0. The zero-order valence-corrected chi connectivity index (χ0v) is 28.3. The van der Waals surface area contributed by atoms with Gasteiger partial charge in [0.15, 0.2) is 11.6 Å². The van der Waals surface area contributed by atoms with E-state index in [4.69, 9.17) is 9.47 Å². The Morgan fingerprint density at radius 2 is 0.708 bits per heavy atom. The van der Waals surface area contributed by atoms with Crippen molar-refractivity contribution in [3.05, 3.63) is 166 Å². The van der Waals surface area contributed by atoms with Crippen molar-refractivity contribution in [2.24, 2.45) is 0 Å². The minimum atomic E-state index is -0.101. The first-order valence-corrected chi connectivity index (χ1v) is 16.5. The van der Waals surface area contributed by atoms with Crippen molar-refractivity contribution in [2.75, 3.05) is 0 Å². The van der Waals surface area contributed by atoms with Gasteiger partial charge in [-0.2, -0.15) is 0 Å². The van der Waals surface area contributed by atoms with Gasteiger partial charge in [-0.1, -0.05) is 76.2 Å². The average Bonchev–Trinajstić information content (AvgIpc) is 3.09. The van der Waals surface area contributed by atoms with Crippen LogP contribution in [0.5, 0.6) is 23.0 Å². The van der Waals surface area contributed by atoms with Gasteiger partial charge in [-0.05, 0) is 132 Å². The van der Waals surface area contributed by atoms with Crippen LogP contribution >= 0.6 is 0 Å². The first kappa shape index (κ1) is 32.5. The van der Waals surface area contributed by atoms with Crippen LogP contribution in [0.15, 0.2) is 121 Å². The van der Waals surface area contributed by atoms with Crippen LogP contribution in [0.2, 0.25) is 0 Å². The maximum absolute atomic E-state index is 14.0. The smallest absolute Gasteiger partial charge is 0.193 e. The number of hydrogen-bond acceptors (Lipinski definition) is 4. The molecule has 6 rings (SSSR count). The second kappa shape index (κ2) is 13.7. The number of fused-ring (bicyclic) bond motifs is 1. The van der Waals surface area contributed by atoms with Gasteiger partial charge in [0.2, 0.25) is 0 Å². The summed E-state index contributed by atoms with van der Waals surface area (Å²) in [6, 6.07) is 38.3. The summed E-state index contributed by atoms with van der Waals surface area (Å²) in [6.45, 7) is 12.5. The van der Waals surface area contributed by atoms with Gasteiger partial charge >= 0.3 is 0 Å². The highest BCUT2D eigenvalue weighted by atomic mass is 16.5. The Bertz CT molecular complexity index is 1930. The standard InChI is InChI=1S/C44H40O4/c1-27(2)31-9-17-35(18-10-31)47-37-21-13-33(14-22-37)43(45)41-29(5)7-26-40-39(41)25-8-30(6)42(40)44(46)34-15-23-38(24-16-34)48-36-19-11-32(12-20-36)28(3)4/h7-28H,1-6H3. The van der Waals surface area contributed by atoms with E-state index in [1.807, 2.05) is 86.6 Å². The molecule has 0 amide bonds. The van der Waals surface area contributed by atoms with Gasteiger partial charge < -0.3 is 9.47 Å². The second-order valence-electron chi connectivity index (χ2n) is 13.0. The molecule has 4 heteroatoms. The summed E-state index contributed by atoms with van der Waals surface area (Å²) in [5.74, 6) is 3.50. The SMILES string of the molecule is Cc1ccc2c(C(=O)c3ccc(Oc4ccc(C(C)C)cc4)cc3)c(C)ccc2c1C(=O)c1ccc(Oc2ccc(C(C)C)cc2)cc1. The largest absolute Gasteiger partial charge is 0.457 e. The fourth-order valence-corrected chi connectivity index (χ4v) is 5.98. The van der Waals surface area contributed by atoms with E-state index in [0.29, 0.717) is 45.6 Å². The van der Waals surface area contributed by atoms with Gasteiger partial charge in [-0.25, -0.2) is 0 Å². The second-order valence-corrected chi connectivity index (χ2v) is 13.0. The van der Waals surface area contributed by atoms with Crippen molar-refractivity contribution in [3.8, 4) is 23.0 Å². The van der Waals surface area contributed by atoms with Crippen molar-refractivity contribution in [1.82, 2.24) is 0 Å². The molecular formula is C44H40O4. The van der Waals surface area contributed by atoms with Gasteiger partial charge in [0.1, 0.15) is 23.0 Å². The van der Waals surface area contributed by atoms with E-state index in [2.05, 4.69) is 52.0 Å². The van der Waals surface area contributed by atoms with Crippen molar-refractivity contribution in [1.29, 1.82) is 0 Å². The molecule has 48 heavy (non-hydrogen) atoms. The van der Waals surface area contributed by atoms with Crippen molar-refractivity contribution >= 4 is 22.3 Å². The van der Waals surface area contributed by atoms with Crippen LogP contribution in [0.3, 0.4) is 0 Å². The molecule has 0 saturated carbocycles. The predicted molar refractivity (Wildman–Crippen MR) is 194 cm³/mol. The Labute approximate surface area is 283 Å². The van der Waals surface area contributed by atoms with Crippen molar-refractivity contribution in [3.63, 3.8) is 0 Å². The Balaban J connectivity index is 1.24. The molecule has 6 aromatic carbocycles. The first-order valence-electron chi connectivity index (χ1n) is 16.5. The summed E-state index contributed by atoms with van der Waals surface area (Å²) in [6.07, 6.45) is 0. The lowest BCUT2D eigenvalue weighted by Crippen LogP contribution is -2.09. The minimum absolute atomic E-state index is 0.101. The molecule has 0 saturated heterocycles. The number of ether oxygens (including phenoxy) is 2.